The Labute approximate surface area is 153 Å². The lowest BCUT2D eigenvalue weighted by Crippen LogP contribution is -2.61. The number of Topliss-reactive ketones (excluding diaryl/α,β-unsaturated/α-hetero) is 1. The molecule has 3 fully saturated rings. The number of aliphatic hydroxyl groups is 3. The van der Waals surface area contributed by atoms with E-state index >= 15 is 0 Å². The lowest BCUT2D eigenvalue weighted by Gasteiger charge is -2.57. The van der Waals surface area contributed by atoms with Crippen molar-refractivity contribution in [2.75, 3.05) is 6.61 Å². The zero-order valence-electron chi connectivity index (χ0n) is 15.4. The van der Waals surface area contributed by atoms with Crippen LogP contribution in [0.3, 0.4) is 0 Å². The van der Waals surface area contributed by atoms with Gasteiger partial charge >= 0.3 is 0 Å². The van der Waals surface area contributed by atoms with E-state index in [0.29, 0.717) is 6.42 Å². The van der Waals surface area contributed by atoms with Gasteiger partial charge in [0, 0.05) is 23.2 Å². The molecule has 0 radical (unpaired) electrons. The maximum absolute atomic E-state index is 13.3. The van der Waals surface area contributed by atoms with Gasteiger partial charge in [-0.05, 0) is 49.7 Å². The first kappa shape index (κ1) is 18.1. The Balaban J connectivity index is 1.75. The highest BCUT2D eigenvalue weighted by atomic mass is 16.4. The molecule has 142 valence electrons. The molecule has 4 aliphatic carbocycles. The van der Waals surface area contributed by atoms with Crippen molar-refractivity contribution in [3.05, 3.63) is 23.8 Å². The van der Waals surface area contributed by atoms with Crippen LogP contribution in [-0.4, -0.2) is 45.2 Å². The number of fused-ring (bicyclic) bond motifs is 5. The second-order valence-corrected chi connectivity index (χ2v) is 9.20. The Morgan fingerprint density at radius 3 is 2.69 bits per heavy atom. The summed E-state index contributed by atoms with van der Waals surface area (Å²) in [5.41, 5.74) is -1.53. The van der Waals surface area contributed by atoms with E-state index in [4.69, 9.17) is 0 Å². The summed E-state index contributed by atoms with van der Waals surface area (Å²) in [5, 5.41) is 31.0. The summed E-state index contributed by atoms with van der Waals surface area (Å²) in [5.74, 6) is 0.164. The Morgan fingerprint density at radius 2 is 2.00 bits per heavy atom. The monoisotopic (exact) mass is 360 g/mol. The number of ketones is 2. The lowest BCUT2D eigenvalue weighted by atomic mass is 9.46. The third-order valence-electron chi connectivity index (χ3n) is 8.20. The minimum atomic E-state index is -1.43. The van der Waals surface area contributed by atoms with Gasteiger partial charge in [-0.2, -0.15) is 0 Å². The van der Waals surface area contributed by atoms with Crippen molar-refractivity contribution in [3.8, 4) is 0 Å². The summed E-state index contributed by atoms with van der Waals surface area (Å²) in [6.45, 7) is 3.46. The fourth-order valence-corrected chi connectivity index (χ4v) is 6.76. The molecule has 0 heterocycles. The van der Waals surface area contributed by atoms with Crippen LogP contribution in [0, 0.1) is 28.6 Å². The van der Waals surface area contributed by atoms with Crippen molar-refractivity contribution >= 4 is 11.6 Å². The van der Waals surface area contributed by atoms with Gasteiger partial charge in [0.15, 0.2) is 5.78 Å². The first-order valence-electron chi connectivity index (χ1n) is 9.65. The molecule has 0 aromatic heterocycles. The third-order valence-corrected chi connectivity index (χ3v) is 8.20. The predicted molar refractivity (Wildman–Crippen MR) is 95.0 cm³/mol. The summed E-state index contributed by atoms with van der Waals surface area (Å²) < 4.78 is 0. The molecule has 4 aliphatic rings. The first-order chi connectivity index (χ1) is 12.2. The van der Waals surface area contributed by atoms with E-state index in [2.05, 4.69) is 6.92 Å². The molecule has 0 spiro atoms. The van der Waals surface area contributed by atoms with Gasteiger partial charge in [-0.25, -0.2) is 0 Å². The molecule has 26 heavy (non-hydrogen) atoms. The van der Waals surface area contributed by atoms with Crippen LogP contribution in [0.2, 0.25) is 0 Å². The van der Waals surface area contributed by atoms with E-state index in [9.17, 15) is 24.9 Å². The molecule has 0 aromatic carbocycles. The summed E-state index contributed by atoms with van der Waals surface area (Å²) in [7, 11) is 0. The molecule has 0 aromatic rings. The van der Waals surface area contributed by atoms with Crippen LogP contribution in [0.15, 0.2) is 23.8 Å². The minimum absolute atomic E-state index is 0.00895. The Morgan fingerprint density at radius 1 is 1.27 bits per heavy atom. The number of hydrogen-bond acceptors (Lipinski definition) is 5. The molecule has 5 nitrogen and oxygen atoms in total. The average molecular weight is 360 g/mol. The minimum Gasteiger partial charge on any atom is -0.394 e. The van der Waals surface area contributed by atoms with Gasteiger partial charge in [0.25, 0.3) is 0 Å². The van der Waals surface area contributed by atoms with Crippen molar-refractivity contribution in [1.82, 2.24) is 0 Å². The topological polar surface area (TPSA) is 94.8 Å². The molecule has 4 rings (SSSR count). The van der Waals surface area contributed by atoms with Crippen molar-refractivity contribution < 1.29 is 24.9 Å². The van der Waals surface area contributed by atoms with Crippen LogP contribution in [0.25, 0.3) is 0 Å². The zero-order valence-corrected chi connectivity index (χ0v) is 15.4. The quantitative estimate of drug-likeness (QED) is 0.695. The van der Waals surface area contributed by atoms with Gasteiger partial charge in [0.2, 0.25) is 0 Å². The molecular formula is C21H28O5. The van der Waals surface area contributed by atoms with E-state index in [-0.39, 0.29) is 35.7 Å². The van der Waals surface area contributed by atoms with Gasteiger partial charge in [-0.15, -0.1) is 0 Å². The lowest BCUT2D eigenvalue weighted by molar-refractivity contribution is -0.186. The molecule has 0 aliphatic heterocycles. The number of hydrogen-bond donors (Lipinski definition) is 3. The molecule has 5 heteroatoms. The van der Waals surface area contributed by atoms with Gasteiger partial charge in [0.1, 0.15) is 11.9 Å². The molecule has 0 bridgehead atoms. The molecule has 0 saturated heterocycles. The highest BCUT2D eigenvalue weighted by Crippen LogP contribution is 2.66. The Bertz CT molecular complexity index is 724. The van der Waals surface area contributed by atoms with Crippen molar-refractivity contribution in [3.63, 3.8) is 0 Å². The molecule has 0 unspecified atom stereocenters. The fourth-order valence-electron chi connectivity index (χ4n) is 6.76. The second kappa shape index (κ2) is 5.60. The van der Waals surface area contributed by atoms with Crippen molar-refractivity contribution in [1.29, 1.82) is 0 Å². The SMILES string of the molecule is C[C@]12C=CC(=O)C=C1CC[C@@H]1[C@@H]2C(=O)C[C@@]2(C)[C@H]1CC[C@]2(O)[C@@H](O)CO. The number of rotatable bonds is 2. The number of carbonyl (C=O) groups excluding carboxylic acids is 2. The van der Waals surface area contributed by atoms with E-state index in [1.807, 2.05) is 13.0 Å². The molecule has 3 saturated carbocycles. The zero-order chi connectivity index (χ0) is 18.9. The largest absolute Gasteiger partial charge is 0.394 e. The summed E-state index contributed by atoms with van der Waals surface area (Å²) in [6, 6.07) is 0. The van der Waals surface area contributed by atoms with Crippen LogP contribution in [0.1, 0.15) is 46.0 Å². The van der Waals surface area contributed by atoms with E-state index in [1.165, 1.54) is 0 Å². The maximum Gasteiger partial charge on any atom is 0.178 e. The van der Waals surface area contributed by atoms with E-state index in [0.717, 1.165) is 24.8 Å². The molecular weight excluding hydrogens is 332 g/mol. The predicted octanol–water partition coefficient (Wildman–Crippen LogP) is 1.56. The van der Waals surface area contributed by atoms with Crippen LogP contribution in [-0.2, 0) is 9.59 Å². The Kier molecular flexibility index (Phi) is 3.89. The van der Waals surface area contributed by atoms with Crippen LogP contribution in [0.4, 0.5) is 0 Å². The molecule has 7 atom stereocenters. The number of allylic oxidation sites excluding steroid dienone is 4. The van der Waals surface area contributed by atoms with Crippen molar-refractivity contribution in [2.24, 2.45) is 28.6 Å². The summed E-state index contributed by atoms with van der Waals surface area (Å²) >= 11 is 0. The average Bonchev–Trinajstić information content (AvgIpc) is 2.86. The summed E-state index contributed by atoms with van der Waals surface area (Å²) in [4.78, 5) is 25.1. The highest BCUT2D eigenvalue weighted by molar-refractivity contribution is 6.01. The highest BCUT2D eigenvalue weighted by Gasteiger charge is 2.67. The van der Waals surface area contributed by atoms with E-state index in [1.54, 1.807) is 12.2 Å². The van der Waals surface area contributed by atoms with Gasteiger partial charge in [-0.3, -0.25) is 9.59 Å². The Hall–Kier alpha value is -1.30. The van der Waals surface area contributed by atoms with Crippen LogP contribution >= 0.6 is 0 Å². The van der Waals surface area contributed by atoms with Crippen molar-refractivity contribution in [2.45, 2.75) is 57.7 Å². The van der Waals surface area contributed by atoms with Gasteiger partial charge < -0.3 is 15.3 Å². The second-order valence-electron chi connectivity index (χ2n) is 9.20. The standard InChI is InChI=1S/C21H28O5/c1-19-7-5-13(23)9-12(19)3-4-14-15-6-8-21(26,17(25)11-22)20(15,2)10-16(24)18(14)19/h5,7,9,14-15,17-18,22,25-26H,3-4,6,8,10-11H2,1-2H3/t14-,15-,17-,18+,19-,20-,21-/m0/s1. The maximum atomic E-state index is 13.3. The van der Waals surface area contributed by atoms with Gasteiger partial charge in [-0.1, -0.05) is 25.5 Å². The van der Waals surface area contributed by atoms with Gasteiger partial charge in [0.05, 0.1) is 12.2 Å². The molecule has 0 amide bonds. The van der Waals surface area contributed by atoms with Crippen LogP contribution < -0.4 is 0 Å². The normalized spacial score (nSPS) is 48.5. The first-order valence-corrected chi connectivity index (χ1v) is 9.65. The number of aliphatic hydroxyl groups excluding tert-OH is 2. The molecule has 3 N–H and O–H groups in total. The summed E-state index contributed by atoms with van der Waals surface area (Å²) in [6.07, 6.45) is 6.91. The van der Waals surface area contributed by atoms with E-state index < -0.39 is 29.1 Å². The fraction of sp³-hybridized carbons (Fsp3) is 0.714. The van der Waals surface area contributed by atoms with Crippen LogP contribution in [0.5, 0.6) is 0 Å². The smallest absolute Gasteiger partial charge is 0.178 e. The third kappa shape index (κ3) is 2.08. The number of carbonyl (C=O) groups is 2.